The van der Waals surface area contributed by atoms with Gasteiger partial charge in [0.1, 0.15) is 30.1 Å². The summed E-state index contributed by atoms with van der Waals surface area (Å²) in [7, 11) is 1.32. The molecular weight excluding hydrogens is 751 g/mol. The molecule has 3 atom stereocenters. The van der Waals surface area contributed by atoms with E-state index in [2.05, 4.69) is 20.9 Å². The van der Waals surface area contributed by atoms with Gasteiger partial charge in [-0.1, -0.05) is 80.6 Å². The Kier molecular flexibility index (Phi) is 14.6. The zero-order chi connectivity index (χ0) is 42.7. The zero-order valence-corrected chi connectivity index (χ0v) is 34.6. The molecule has 0 aliphatic rings. The van der Waals surface area contributed by atoms with Crippen molar-refractivity contribution in [2.75, 3.05) is 7.11 Å². The maximum Gasteiger partial charge on any atom is 0.408 e. The number of nitrogens with one attached hydrogen (secondary N) is 3. The lowest BCUT2D eigenvalue weighted by Gasteiger charge is -2.26. The van der Waals surface area contributed by atoms with Crippen molar-refractivity contribution in [2.45, 2.75) is 91.1 Å². The quantitative estimate of drug-likeness (QED) is 0.0698. The zero-order valence-electron chi connectivity index (χ0n) is 34.6. The molecule has 13 nitrogen and oxygen atoms in total. The molecule has 13 heteroatoms. The SMILES string of the molecule is COC(=O)c1ccc(-c2c(C[C@@H](CC(=O)OCc3ccccc3)NC(=O)[C@H](C)NC(=O)[C@H](CC(C)C)NC(=O)OC(C)(C)C)c3ccccc3n2-c2ccccn2)cc1. The number of amides is 3. The molecule has 310 valence electrons. The largest absolute Gasteiger partial charge is 0.465 e. The summed E-state index contributed by atoms with van der Waals surface area (Å²) in [6.07, 6.45) is 1.23. The summed E-state index contributed by atoms with van der Waals surface area (Å²) in [6.45, 7) is 10.6. The number of rotatable bonds is 16. The molecule has 0 aliphatic heterocycles. The number of hydrogen-bond acceptors (Lipinski definition) is 9. The van der Waals surface area contributed by atoms with Crippen LogP contribution in [-0.2, 0) is 41.6 Å². The first-order valence-electron chi connectivity index (χ1n) is 19.7. The fourth-order valence-electron chi connectivity index (χ4n) is 6.70. The number of methoxy groups -OCH3 is 1. The number of nitrogens with zero attached hydrogens (tertiary/aromatic N) is 2. The highest BCUT2D eigenvalue weighted by atomic mass is 16.6. The molecule has 5 rings (SSSR count). The van der Waals surface area contributed by atoms with E-state index in [1.807, 2.05) is 103 Å². The number of carbonyl (C=O) groups excluding carboxylic acids is 5. The number of ether oxygens (including phenoxy) is 3. The Morgan fingerprint density at radius 1 is 0.780 bits per heavy atom. The lowest BCUT2D eigenvalue weighted by molar-refractivity contribution is -0.145. The van der Waals surface area contributed by atoms with Gasteiger partial charge in [-0.25, -0.2) is 14.6 Å². The number of hydrogen-bond donors (Lipinski definition) is 3. The lowest BCUT2D eigenvalue weighted by Crippen LogP contribution is -2.55. The average Bonchev–Trinajstić information content (AvgIpc) is 3.52. The molecular formula is C46H53N5O8. The molecule has 59 heavy (non-hydrogen) atoms. The summed E-state index contributed by atoms with van der Waals surface area (Å²) in [5, 5.41) is 9.27. The van der Waals surface area contributed by atoms with E-state index in [4.69, 9.17) is 14.2 Å². The maximum absolute atomic E-state index is 14.0. The van der Waals surface area contributed by atoms with Crippen molar-refractivity contribution in [3.8, 4) is 17.1 Å². The Balaban J connectivity index is 1.50. The molecule has 0 bridgehead atoms. The predicted molar refractivity (Wildman–Crippen MR) is 225 cm³/mol. The number of para-hydroxylation sites is 1. The van der Waals surface area contributed by atoms with Crippen LogP contribution in [-0.4, -0.2) is 70.2 Å². The molecule has 0 aliphatic carbocycles. The molecule has 0 unspecified atom stereocenters. The molecule has 2 heterocycles. The molecule has 0 fully saturated rings. The van der Waals surface area contributed by atoms with Crippen LogP contribution in [0, 0.1) is 5.92 Å². The van der Waals surface area contributed by atoms with Crippen LogP contribution in [0.1, 0.15) is 75.9 Å². The summed E-state index contributed by atoms with van der Waals surface area (Å²) in [5.74, 6) is -1.44. The molecule has 0 radical (unpaired) electrons. The van der Waals surface area contributed by atoms with Crippen LogP contribution in [0.5, 0.6) is 0 Å². The smallest absolute Gasteiger partial charge is 0.408 e. The van der Waals surface area contributed by atoms with Crippen molar-refractivity contribution < 1.29 is 38.2 Å². The Morgan fingerprint density at radius 3 is 2.10 bits per heavy atom. The van der Waals surface area contributed by atoms with E-state index in [-0.39, 0.29) is 25.4 Å². The Morgan fingerprint density at radius 2 is 1.46 bits per heavy atom. The van der Waals surface area contributed by atoms with Gasteiger partial charge in [-0.2, -0.15) is 0 Å². The minimum Gasteiger partial charge on any atom is -0.465 e. The normalized spacial score (nSPS) is 12.9. The molecule has 5 aromatic rings. The van der Waals surface area contributed by atoms with E-state index >= 15 is 0 Å². The molecule has 3 N–H and O–H groups in total. The van der Waals surface area contributed by atoms with Crippen LogP contribution in [0.4, 0.5) is 4.79 Å². The van der Waals surface area contributed by atoms with Crippen molar-refractivity contribution in [3.63, 3.8) is 0 Å². The van der Waals surface area contributed by atoms with Gasteiger partial charge in [0.25, 0.3) is 0 Å². The number of benzene rings is 3. The van der Waals surface area contributed by atoms with Gasteiger partial charge >= 0.3 is 18.0 Å². The van der Waals surface area contributed by atoms with E-state index in [1.54, 1.807) is 46.0 Å². The number of aromatic nitrogens is 2. The molecule has 3 amide bonds. The highest BCUT2D eigenvalue weighted by Gasteiger charge is 2.30. The van der Waals surface area contributed by atoms with Gasteiger partial charge < -0.3 is 30.2 Å². The second-order valence-electron chi connectivity index (χ2n) is 15.8. The third kappa shape index (κ3) is 12.0. The summed E-state index contributed by atoms with van der Waals surface area (Å²) < 4.78 is 18.0. The highest BCUT2D eigenvalue weighted by molar-refractivity contribution is 5.95. The topological polar surface area (TPSA) is 167 Å². The van der Waals surface area contributed by atoms with Gasteiger partial charge in [0.15, 0.2) is 0 Å². The van der Waals surface area contributed by atoms with Crippen LogP contribution < -0.4 is 16.0 Å². The standard InChI is InChI=1S/C46H53N5O8/c1-29(2)25-37(50-45(56)59-46(4,5)6)43(54)48-30(3)42(53)49-34(27-40(52)58-28-31-15-9-8-10-16-31)26-36-35-17-11-12-18-38(35)51(39-19-13-14-24-47-39)41(36)32-20-22-33(23-21-32)44(55)57-7/h8-24,29-30,34,37H,25-28H2,1-7H3,(H,48,54)(H,49,53)(H,50,56)/t30-,34-,37-/m0/s1. The first kappa shape index (κ1) is 43.6. The van der Waals surface area contributed by atoms with E-state index < -0.39 is 53.6 Å². The second kappa shape index (κ2) is 19.8. The summed E-state index contributed by atoms with van der Waals surface area (Å²) >= 11 is 0. The first-order chi connectivity index (χ1) is 28.1. The highest BCUT2D eigenvalue weighted by Crippen LogP contribution is 2.37. The van der Waals surface area contributed by atoms with Crippen molar-refractivity contribution in [2.24, 2.45) is 5.92 Å². The van der Waals surface area contributed by atoms with Gasteiger partial charge in [-0.05, 0) is 93.5 Å². The van der Waals surface area contributed by atoms with Crippen LogP contribution in [0.15, 0.2) is 103 Å². The number of esters is 2. The van der Waals surface area contributed by atoms with Gasteiger partial charge in [-0.3, -0.25) is 19.0 Å². The fourth-order valence-corrected chi connectivity index (χ4v) is 6.70. The van der Waals surface area contributed by atoms with Crippen LogP contribution >= 0.6 is 0 Å². The predicted octanol–water partition coefficient (Wildman–Crippen LogP) is 7.08. The minimum absolute atomic E-state index is 0.0372. The van der Waals surface area contributed by atoms with Crippen molar-refractivity contribution >= 4 is 40.7 Å². The van der Waals surface area contributed by atoms with Crippen molar-refractivity contribution in [3.05, 3.63) is 120 Å². The number of alkyl carbamates (subject to hydrolysis) is 1. The van der Waals surface area contributed by atoms with Crippen molar-refractivity contribution in [1.29, 1.82) is 0 Å². The Bertz CT molecular complexity index is 2230. The van der Waals surface area contributed by atoms with Crippen LogP contribution in [0.3, 0.4) is 0 Å². The molecule has 0 spiro atoms. The minimum atomic E-state index is -1.05. The van der Waals surface area contributed by atoms with Crippen molar-refractivity contribution in [1.82, 2.24) is 25.5 Å². The van der Waals surface area contributed by atoms with Gasteiger partial charge in [0.2, 0.25) is 11.8 Å². The third-order valence-corrected chi connectivity index (χ3v) is 9.36. The second-order valence-corrected chi connectivity index (χ2v) is 15.8. The maximum atomic E-state index is 14.0. The monoisotopic (exact) mass is 803 g/mol. The van der Waals surface area contributed by atoms with Gasteiger partial charge in [0.05, 0.1) is 30.3 Å². The van der Waals surface area contributed by atoms with E-state index in [0.29, 0.717) is 17.8 Å². The number of pyridine rings is 1. The van der Waals surface area contributed by atoms with E-state index in [9.17, 15) is 24.0 Å². The summed E-state index contributed by atoms with van der Waals surface area (Å²) in [4.78, 5) is 70.9. The third-order valence-electron chi connectivity index (χ3n) is 9.36. The van der Waals surface area contributed by atoms with Gasteiger partial charge in [-0.15, -0.1) is 0 Å². The first-order valence-corrected chi connectivity index (χ1v) is 19.7. The Labute approximate surface area is 344 Å². The summed E-state index contributed by atoms with van der Waals surface area (Å²) in [5.41, 5.74) is 3.53. The molecule has 0 saturated carbocycles. The summed E-state index contributed by atoms with van der Waals surface area (Å²) in [6, 6.07) is 26.8. The van der Waals surface area contributed by atoms with Crippen LogP contribution in [0.2, 0.25) is 0 Å². The molecule has 2 aromatic heterocycles. The average molecular weight is 804 g/mol. The lowest BCUT2D eigenvalue weighted by atomic mass is 9.96. The molecule has 3 aromatic carbocycles. The van der Waals surface area contributed by atoms with E-state index in [1.165, 1.54) is 7.11 Å². The van der Waals surface area contributed by atoms with Crippen LogP contribution in [0.25, 0.3) is 28.0 Å². The molecule has 0 saturated heterocycles. The fraction of sp³-hybridized carbons (Fsp3) is 0.348. The number of carbonyl (C=O) groups is 5. The number of fused-ring (bicyclic) bond motifs is 1. The Hall–Kier alpha value is -6.50. The van der Waals surface area contributed by atoms with Gasteiger partial charge in [0, 0.05) is 17.6 Å². The van der Waals surface area contributed by atoms with E-state index in [0.717, 1.165) is 33.3 Å².